The van der Waals surface area contributed by atoms with Gasteiger partial charge in [-0.15, -0.1) is 0 Å². The van der Waals surface area contributed by atoms with E-state index in [2.05, 4.69) is 29.6 Å². The zero-order chi connectivity index (χ0) is 13.5. The summed E-state index contributed by atoms with van der Waals surface area (Å²) in [6.45, 7) is 1.75. The summed E-state index contributed by atoms with van der Waals surface area (Å²) in [4.78, 5) is 0. The van der Waals surface area contributed by atoms with Crippen LogP contribution in [0.15, 0.2) is 24.3 Å². The van der Waals surface area contributed by atoms with Crippen LogP contribution in [0.1, 0.15) is 17.5 Å². The summed E-state index contributed by atoms with van der Waals surface area (Å²) in [6.07, 6.45) is 3.99. The minimum Gasteiger partial charge on any atom is -0.384 e. The van der Waals surface area contributed by atoms with Gasteiger partial charge in [-0.2, -0.15) is 0 Å². The summed E-state index contributed by atoms with van der Waals surface area (Å²) >= 11 is 0. The predicted octanol–water partition coefficient (Wildman–Crippen LogP) is 1.79. The van der Waals surface area contributed by atoms with E-state index in [0.29, 0.717) is 30.0 Å². The standard InChI is InChI=1S/C17H23NO2/c1-19-10-15-16(14-6-7-20-17(14)15)18-13-8-11-4-2-3-5-12(11)9-13/h2-5,13-18H,6-10H2,1H3/t14-,15+,16+,17-/m0/s1. The molecule has 1 aromatic carbocycles. The van der Waals surface area contributed by atoms with Gasteiger partial charge in [0.1, 0.15) is 0 Å². The van der Waals surface area contributed by atoms with Crippen LogP contribution in [0.4, 0.5) is 0 Å². The Labute approximate surface area is 120 Å². The fraction of sp³-hybridized carbons (Fsp3) is 0.647. The lowest BCUT2D eigenvalue weighted by Gasteiger charge is -2.48. The van der Waals surface area contributed by atoms with Crippen molar-refractivity contribution >= 4 is 0 Å². The van der Waals surface area contributed by atoms with E-state index in [1.54, 1.807) is 7.11 Å². The highest BCUT2D eigenvalue weighted by Crippen LogP contribution is 2.44. The first-order valence-corrected chi connectivity index (χ1v) is 7.80. The molecule has 0 amide bonds. The first-order chi connectivity index (χ1) is 9.86. The van der Waals surface area contributed by atoms with Crippen molar-refractivity contribution in [3.63, 3.8) is 0 Å². The number of benzene rings is 1. The summed E-state index contributed by atoms with van der Waals surface area (Å²) in [5.41, 5.74) is 3.04. The molecule has 1 saturated carbocycles. The third kappa shape index (κ3) is 2.00. The van der Waals surface area contributed by atoms with Crippen molar-refractivity contribution in [2.24, 2.45) is 11.8 Å². The quantitative estimate of drug-likeness (QED) is 0.907. The molecule has 1 aliphatic heterocycles. The SMILES string of the molecule is COC[C@@H]1[C@H](NC2Cc3ccccc3C2)[C@@H]2CCO[C@H]12. The molecule has 0 bridgehead atoms. The molecule has 2 fully saturated rings. The van der Waals surface area contributed by atoms with Gasteiger partial charge >= 0.3 is 0 Å². The van der Waals surface area contributed by atoms with Gasteiger partial charge in [-0.1, -0.05) is 24.3 Å². The van der Waals surface area contributed by atoms with Crippen molar-refractivity contribution < 1.29 is 9.47 Å². The maximum atomic E-state index is 5.85. The lowest BCUT2D eigenvalue weighted by atomic mass is 9.67. The van der Waals surface area contributed by atoms with Crippen LogP contribution in [0.3, 0.4) is 0 Å². The average molecular weight is 273 g/mol. The molecule has 0 unspecified atom stereocenters. The Balaban J connectivity index is 1.42. The molecule has 4 rings (SSSR count). The van der Waals surface area contributed by atoms with Gasteiger partial charge in [-0.3, -0.25) is 0 Å². The van der Waals surface area contributed by atoms with E-state index < -0.39 is 0 Å². The first-order valence-electron chi connectivity index (χ1n) is 7.80. The van der Waals surface area contributed by atoms with Crippen molar-refractivity contribution in [2.45, 2.75) is 37.5 Å². The third-order valence-corrected chi connectivity index (χ3v) is 5.37. The maximum absolute atomic E-state index is 5.85. The Morgan fingerprint density at radius 1 is 1.25 bits per heavy atom. The van der Waals surface area contributed by atoms with Crippen LogP contribution in [0.25, 0.3) is 0 Å². The number of hydrogen-bond donors (Lipinski definition) is 1. The van der Waals surface area contributed by atoms with E-state index in [0.717, 1.165) is 13.2 Å². The van der Waals surface area contributed by atoms with E-state index in [-0.39, 0.29) is 0 Å². The second kappa shape index (κ2) is 5.14. The third-order valence-electron chi connectivity index (χ3n) is 5.37. The molecular weight excluding hydrogens is 250 g/mol. The maximum Gasteiger partial charge on any atom is 0.0684 e. The molecule has 0 spiro atoms. The van der Waals surface area contributed by atoms with E-state index in [1.165, 1.54) is 30.4 Å². The number of methoxy groups -OCH3 is 1. The second-order valence-corrected chi connectivity index (χ2v) is 6.47. The predicted molar refractivity (Wildman–Crippen MR) is 77.8 cm³/mol. The summed E-state index contributed by atoms with van der Waals surface area (Å²) in [6, 6.07) is 10.0. The Bertz CT molecular complexity index is 465. The molecular formula is C17H23NO2. The number of rotatable bonds is 4. The minimum absolute atomic E-state index is 0.441. The summed E-state index contributed by atoms with van der Waals surface area (Å²) in [5.74, 6) is 1.25. The average Bonchev–Trinajstić information content (AvgIpc) is 3.06. The molecule has 1 N–H and O–H groups in total. The number of nitrogens with one attached hydrogen (secondary N) is 1. The van der Waals surface area contributed by atoms with Crippen LogP contribution in [0.2, 0.25) is 0 Å². The van der Waals surface area contributed by atoms with E-state index >= 15 is 0 Å². The van der Waals surface area contributed by atoms with Crippen molar-refractivity contribution in [2.75, 3.05) is 20.3 Å². The summed E-state index contributed by atoms with van der Waals surface area (Å²) in [5, 5.41) is 3.91. The van der Waals surface area contributed by atoms with Crippen LogP contribution in [0.5, 0.6) is 0 Å². The van der Waals surface area contributed by atoms with Gasteiger partial charge in [-0.25, -0.2) is 0 Å². The molecule has 0 radical (unpaired) electrons. The molecule has 0 aromatic heterocycles. The van der Waals surface area contributed by atoms with Gasteiger partial charge in [0.15, 0.2) is 0 Å². The molecule has 1 aromatic rings. The molecule has 108 valence electrons. The largest absolute Gasteiger partial charge is 0.384 e. The Morgan fingerprint density at radius 2 is 2.00 bits per heavy atom. The van der Waals surface area contributed by atoms with Crippen LogP contribution in [-0.2, 0) is 22.3 Å². The fourth-order valence-electron chi connectivity index (χ4n) is 4.42. The molecule has 3 nitrogen and oxygen atoms in total. The number of hydrogen-bond acceptors (Lipinski definition) is 3. The van der Waals surface area contributed by atoms with Crippen LogP contribution in [-0.4, -0.2) is 38.5 Å². The highest BCUT2D eigenvalue weighted by molar-refractivity contribution is 5.33. The van der Waals surface area contributed by atoms with Gasteiger partial charge in [0.05, 0.1) is 12.7 Å². The monoisotopic (exact) mass is 273 g/mol. The van der Waals surface area contributed by atoms with Gasteiger partial charge in [0.2, 0.25) is 0 Å². The Hall–Kier alpha value is -0.900. The van der Waals surface area contributed by atoms with Crippen molar-refractivity contribution in [3.05, 3.63) is 35.4 Å². The van der Waals surface area contributed by atoms with Crippen LogP contribution >= 0.6 is 0 Å². The molecule has 1 heterocycles. The summed E-state index contributed by atoms with van der Waals surface area (Å²) in [7, 11) is 1.80. The summed E-state index contributed by atoms with van der Waals surface area (Å²) < 4.78 is 11.2. The molecule has 3 heteroatoms. The second-order valence-electron chi connectivity index (χ2n) is 6.47. The lowest BCUT2D eigenvalue weighted by molar-refractivity contribution is -0.0865. The zero-order valence-corrected chi connectivity index (χ0v) is 12.0. The zero-order valence-electron chi connectivity index (χ0n) is 12.0. The van der Waals surface area contributed by atoms with Gasteiger partial charge in [-0.05, 0) is 30.4 Å². The van der Waals surface area contributed by atoms with E-state index in [9.17, 15) is 0 Å². The highest BCUT2D eigenvalue weighted by atomic mass is 16.5. The number of fused-ring (bicyclic) bond motifs is 2. The Morgan fingerprint density at radius 3 is 2.70 bits per heavy atom. The van der Waals surface area contributed by atoms with E-state index in [1.807, 2.05) is 0 Å². The number of ether oxygens (including phenoxy) is 2. The Kier molecular flexibility index (Phi) is 3.29. The molecule has 1 saturated heterocycles. The van der Waals surface area contributed by atoms with Gasteiger partial charge in [0, 0.05) is 37.6 Å². The lowest BCUT2D eigenvalue weighted by Crippen LogP contribution is -2.63. The normalized spacial score (nSPS) is 35.6. The fourth-order valence-corrected chi connectivity index (χ4v) is 4.42. The topological polar surface area (TPSA) is 30.5 Å². The van der Waals surface area contributed by atoms with Crippen LogP contribution in [0, 0.1) is 11.8 Å². The molecule has 2 aliphatic carbocycles. The smallest absolute Gasteiger partial charge is 0.0684 e. The van der Waals surface area contributed by atoms with Crippen molar-refractivity contribution in [3.8, 4) is 0 Å². The molecule has 20 heavy (non-hydrogen) atoms. The minimum atomic E-state index is 0.441. The van der Waals surface area contributed by atoms with Crippen molar-refractivity contribution in [1.82, 2.24) is 5.32 Å². The van der Waals surface area contributed by atoms with Gasteiger partial charge < -0.3 is 14.8 Å². The van der Waals surface area contributed by atoms with Crippen molar-refractivity contribution in [1.29, 1.82) is 0 Å². The molecule has 3 aliphatic rings. The first kappa shape index (κ1) is 12.8. The highest BCUT2D eigenvalue weighted by Gasteiger charge is 2.54. The van der Waals surface area contributed by atoms with Crippen LogP contribution < -0.4 is 5.32 Å². The molecule has 4 atom stereocenters. The van der Waals surface area contributed by atoms with E-state index in [4.69, 9.17) is 9.47 Å². The van der Waals surface area contributed by atoms with Gasteiger partial charge in [0.25, 0.3) is 0 Å².